The van der Waals surface area contributed by atoms with E-state index in [2.05, 4.69) is 6.07 Å². The van der Waals surface area contributed by atoms with Gasteiger partial charge in [0.1, 0.15) is 18.1 Å². The smallest absolute Gasteiger partial charge is 0.253 e. The van der Waals surface area contributed by atoms with Gasteiger partial charge in [-0.25, -0.2) is 0 Å². The molecule has 156 valence electrons. The Morgan fingerprint density at radius 2 is 1.60 bits per heavy atom. The third-order valence-electron chi connectivity index (χ3n) is 4.81. The van der Waals surface area contributed by atoms with Gasteiger partial charge in [0.25, 0.3) is 5.91 Å². The second-order valence-electron chi connectivity index (χ2n) is 7.51. The number of nitrogens with zero attached hydrogens (tertiary/aromatic N) is 1. The van der Waals surface area contributed by atoms with Crippen LogP contribution < -0.4 is 9.47 Å². The monoisotopic (exact) mass is 403 g/mol. The van der Waals surface area contributed by atoms with Gasteiger partial charge >= 0.3 is 0 Å². The van der Waals surface area contributed by atoms with Gasteiger partial charge in [0.15, 0.2) is 0 Å². The standard InChI is InChI=1S/C26H29NO3/c1-5-29-25-12-11-22(26(28)27(4)17-21-9-7-6-8-10-21)16-23(25)18-30-24-14-19(2)13-20(3)15-24/h6-16H,5,17-18H2,1-4H3. The molecule has 3 rings (SSSR count). The molecule has 0 fully saturated rings. The van der Waals surface area contributed by atoms with E-state index < -0.39 is 0 Å². The maximum atomic E-state index is 13.0. The summed E-state index contributed by atoms with van der Waals surface area (Å²) in [7, 11) is 1.82. The van der Waals surface area contributed by atoms with Gasteiger partial charge in [-0.1, -0.05) is 36.4 Å². The van der Waals surface area contributed by atoms with Crippen molar-refractivity contribution in [3.8, 4) is 11.5 Å². The molecule has 0 aliphatic carbocycles. The van der Waals surface area contributed by atoms with Gasteiger partial charge < -0.3 is 14.4 Å². The average molecular weight is 404 g/mol. The predicted octanol–water partition coefficient (Wildman–Crippen LogP) is 5.55. The van der Waals surface area contributed by atoms with Crippen LogP contribution in [0.1, 0.15) is 39.5 Å². The molecule has 0 saturated carbocycles. The van der Waals surface area contributed by atoms with E-state index in [-0.39, 0.29) is 5.91 Å². The largest absolute Gasteiger partial charge is 0.493 e. The molecule has 0 atom stereocenters. The summed E-state index contributed by atoms with van der Waals surface area (Å²) >= 11 is 0. The SMILES string of the molecule is CCOc1ccc(C(=O)N(C)Cc2ccccc2)cc1COc1cc(C)cc(C)c1. The molecule has 0 spiro atoms. The van der Waals surface area contributed by atoms with Crippen molar-refractivity contribution in [1.82, 2.24) is 4.90 Å². The number of amides is 1. The normalized spacial score (nSPS) is 10.5. The lowest BCUT2D eigenvalue weighted by Crippen LogP contribution is -2.26. The molecule has 1 amide bonds. The van der Waals surface area contributed by atoms with Crippen LogP contribution in [0.4, 0.5) is 0 Å². The summed E-state index contributed by atoms with van der Waals surface area (Å²) in [5.74, 6) is 1.52. The van der Waals surface area contributed by atoms with Crippen molar-refractivity contribution in [2.24, 2.45) is 0 Å². The van der Waals surface area contributed by atoms with Crippen LogP contribution in [-0.2, 0) is 13.2 Å². The van der Waals surface area contributed by atoms with Gasteiger partial charge in [-0.15, -0.1) is 0 Å². The second kappa shape index (κ2) is 9.97. The van der Waals surface area contributed by atoms with Gasteiger partial charge in [0.05, 0.1) is 6.61 Å². The summed E-state index contributed by atoms with van der Waals surface area (Å²) in [4.78, 5) is 14.7. The third-order valence-corrected chi connectivity index (χ3v) is 4.81. The molecular formula is C26H29NO3. The lowest BCUT2D eigenvalue weighted by Gasteiger charge is -2.19. The minimum atomic E-state index is -0.0328. The minimum absolute atomic E-state index is 0.0328. The summed E-state index contributed by atoms with van der Waals surface area (Å²) in [6, 6.07) is 21.6. The number of carbonyl (C=O) groups excluding carboxylic acids is 1. The highest BCUT2D eigenvalue weighted by Gasteiger charge is 2.15. The van der Waals surface area contributed by atoms with Crippen LogP contribution in [0.15, 0.2) is 66.7 Å². The summed E-state index contributed by atoms with van der Waals surface area (Å²) in [5, 5.41) is 0. The van der Waals surface area contributed by atoms with Crippen molar-refractivity contribution < 1.29 is 14.3 Å². The Kier molecular flexibility index (Phi) is 7.12. The number of benzene rings is 3. The zero-order chi connectivity index (χ0) is 21.5. The number of ether oxygens (including phenoxy) is 2. The molecule has 0 aliphatic rings. The van der Waals surface area contributed by atoms with E-state index in [1.807, 2.05) is 88.5 Å². The fourth-order valence-electron chi connectivity index (χ4n) is 3.45. The van der Waals surface area contributed by atoms with Crippen molar-refractivity contribution in [2.75, 3.05) is 13.7 Å². The van der Waals surface area contributed by atoms with Crippen molar-refractivity contribution in [1.29, 1.82) is 0 Å². The molecule has 0 bridgehead atoms. The summed E-state index contributed by atoms with van der Waals surface area (Å²) in [5.41, 5.74) is 4.88. The van der Waals surface area contributed by atoms with Gasteiger partial charge in [0, 0.05) is 24.7 Å². The lowest BCUT2D eigenvalue weighted by molar-refractivity contribution is 0.0785. The number of rotatable bonds is 8. The number of hydrogen-bond acceptors (Lipinski definition) is 3. The van der Waals surface area contributed by atoms with Crippen molar-refractivity contribution >= 4 is 5.91 Å². The fourth-order valence-corrected chi connectivity index (χ4v) is 3.45. The van der Waals surface area contributed by atoms with Crippen LogP contribution >= 0.6 is 0 Å². The Morgan fingerprint density at radius 1 is 0.900 bits per heavy atom. The highest BCUT2D eigenvalue weighted by molar-refractivity contribution is 5.94. The fraction of sp³-hybridized carbons (Fsp3) is 0.269. The third kappa shape index (κ3) is 5.63. The summed E-state index contributed by atoms with van der Waals surface area (Å²) in [6.07, 6.45) is 0. The van der Waals surface area contributed by atoms with Crippen LogP contribution in [0, 0.1) is 13.8 Å². The topological polar surface area (TPSA) is 38.8 Å². The number of carbonyl (C=O) groups is 1. The first-order chi connectivity index (χ1) is 14.5. The quantitative estimate of drug-likeness (QED) is 0.495. The average Bonchev–Trinajstić information content (AvgIpc) is 2.72. The van der Waals surface area contributed by atoms with E-state index in [1.165, 1.54) is 0 Å². The van der Waals surface area contributed by atoms with E-state index in [0.29, 0.717) is 25.3 Å². The van der Waals surface area contributed by atoms with Crippen LogP contribution in [-0.4, -0.2) is 24.5 Å². The minimum Gasteiger partial charge on any atom is -0.493 e. The van der Waals surface area contributed by atoms with Crippen LogP contribution in [0.25, 0.3) is 0 Å². The molecule has 3 aromatic rings. The molecule has 4 heteroatoms. The van der Waals surface area contributed by atoms with E-state index >= 15 is 0 Å². The maximum absolute atomic E-state index is 13.0. The van der Waals surface area contributed by atoms with Gasteiger partial charge in [-0.3, -0.25) is 4.79 Å². The van der Waals surface area contributed by atoms with Gasteiger partial charge in [-0.05, 0) is 67.8 Å². The van der Waals surface area contributed by atoms with E-state index in [0.717, 1.165) is 33.8 Å². The highest BCUT2D eigenvalue weighted by atomic mass is 16.5. The zero-order valence-corrected chi connectivity index (χ0v) is 18.1. The Hall–Kier alpha value is -3.27. The molecule has 30 heavy (non-hydrogen) atoms. The molecule has 0 aromatic heterocycles. The van der Waals surface area contributed by atoms with E-state index in [4.69, 9.17) is 9.47 Å². The predicted molar refractivity (Wildman–Crippen MR) is 120 cm³/mol. The molecule has 0 N–H and O–H groups in total. The van der Waals surface area contributed by atoms with Crippen LogP contribution in [0.5, 0.6) is 11.5 Å². The molecular weight excluding hydrogens is 374 g/mol. The maximum Gasteiger partial charge on any atom is 0.253 e. The Balaban J connectivity index is 1.78. The van der Waals surface area contributed by atoms with Crippen molar-refractivity contribution in [3.05, 3.63) is 94.5 Å². The van der Waals surface area contributed by atoms with E-state index in [9.17, 15) is 4.79 Å². The van der Waals surface area contributed by atoms with Crippen molar-refractivity contribution in [3.63, 3.8) is 0 Å². The summed E-state index contributed by atoms with van der Waals surface area (Å²) < 4.78 is 11.8. The van der Waals surface area contributed by atoms with Gasteiger partial charge in [-0.2, -0.15) is 0 Å². The Bertz CT molecular complexity index is 978. The first-order valence-electron chi connectivity index (χ1n) is 10.2. The molecule has 0 unspecified atom stereocenters. The Morgan fingerprint density at radius 3 is 2.27 bits per heavy atom. The van der Waals surface area contributed by atoms with Crippen molar-refractivity contribution in [2.45, 2.75) is 33.9 Å². The van der Waals surface area contributed by atoms with Crippen LogP contribution in [0.2, 0.25) is 0 Å². The molecule has 0 aliphatic heterocycles. The number of hydrogen-bond donors (Lipinski definition) is 0. The molecule has 3 aromatic carbocycles. The Labute approximate surface area is 179 Å². The first kappa shape index (κ1) is 21.4. The highest BCUT2D eigenvalue weighted by Crippen LogP contribution is 2.24. The molecule has 4 nitrogen and oxygen atoms in total. The molecule has 0 saturated heterocycles. The van der Waals surface area contributed by atoms with Crippen LogP contribution in [0.3, 0.4) is 0 Å². The second-order valence-corrected chi connectivity index (χ2v) is 7.51. The summed E-state index contributed by atoms with van der Waals surface area (Å²) in [6.45, 7) is 7.49. The molecule has 0 radical (unpaired) electrons. The number of aryl methyl sites for hydroxylation is 2. The lowest BCUT2D eigenvalue weighted by atomic mass is 10.1. The zero-order valence-electron chi connectivity index (χ0n) is 18.1. The van der Waals surface area contributed by atoms with Gasteiger partial charge in [0.2, 0.25) is 0 Å². The molecule has 0 heterocycles. The van der Waals surface area contributed by atoms with E-state index in [1.54, 1.807) is 4.90 Å². The first-order valence-corrected chi connectivity index (χ1v) is 10.2.